The highest BCUT2D eigenvalue weighted by Gasteiger charge is 2.22. The van der Waals surface area contributed by atoms with E-state index in [1.807, 2.05) is 6.92 Å². The number of ether oxygens (including phenoxy) is 1. The highest BCUT2D eigenvalue weighted by Crippen LogP contribution is 2.29. The quantitative estimate of drug-likeness (QED) is 0.408. The van der Waals surface area contributed by atoms with E-state index in [-0.39, 0.29) is 29.0 Å². The summed E-state index contributed by atoms with van der Waals surface area (Å²) in [6.07, 6.45) is 0.704. The van der Waals surface area contributed by atoms with Crippen molar-refractivity contribution in [3.63, 3.8) is 0 Å². The lowest BCUT2D eigenvalue weighted by atomic mass is 10.2. The summed E-state index contributed by atoms with van der Waals surface area (Å²) in [4.78, 5) is 54.7. The second kappa shape index (κ2) is 8.56. The van der Waals surface area contributed by atoms with Crippen molar-refractivity contribution in [2.75, 3.05) is 11.9 Å². The highest BCUT2D eigenvalue weighted by molar-refractivity contribution is 9.10. The van der Waals surface area contributed by atoms with Gasteiger partial charge in [0.15, 0.2) is 15.9 Å². The lowest BCUT2D eigenvalue weighted by molar-refractivity contribution is -0.116. The normalized spacial score (nSPS) is 11.1. The van der Waals surface area contributed by atoms with Gasteiger partial charge in [0.2, 0.25) is 5.91 Å². The third kappa shape index (κ3) is 3.84. The molecule has 1 amide bonds. The predicted molar refractivity (Wildman–Crippen MR) is 116 cm³/mol. The van der Waals surface area contributed by atoms with E-state index in [9.17, 15) is 19.2 Å². The van der Waals surface area contributed by atoms with Gasteiger partial charge in [-0.1, -0.05) is 6.92 Å². The first-order valence-electron chi connectivity index (χ1n) is 9.10. The molecule has 30 heavy (non-hydrogen) atoms. The van der Waals surface area contributed by atoms with Gasteiger partial charge in [0.05, 0.1) is 12.2 Å². The van der Waals surface area contributed by atoms with Crippen molar-refractivity contribution in [1.29, 1.82) is 0 Å². The standard InChI is InChI=1S/C18H20BrN5O5S/c1-5-9-7-10(16(27)29-6-2)13(30-9)20-11(25)8-24-14-12(21-17(24)19)15(26)23(4)18(28)22(14)3/h7H,5-6,8H2,1-4H3,(H,20,25). The van der Waals surface area contributed by atoms with Crippen molar-refractivity contribution in [3.05, 3.63) is 42.1 Å². The molecule has 0 saturated carbocycles. The smallest absolute Gasteiger partial charge is 0.341 e. The molecule has 0 spiro atoms. The first-order valence-corrected chi connectivity index (χ1v) is 10.7. The van der Waals surface area contributed by atoms with E-state index in [0.29, 0.717) is 17.0 Å². The summed E-state index contributed by atoms with van der Waals surface area (Å²) in [5.74, 6) is -0.956. The van der Waals surface area contributed by atoms with Crippen LogP contribution in [0.4, 0.5) is 5.00 Å². The van der Waals surface area contributed by atoms with Crippen molar-refractivity contribution >= 4 is 55.3 Å². The molecule has 0 radical (unpaired) electrons. The molecule has 0 aliphatic carbocycles. The number of rotatable bonds is 6. The number of aromatic nitrogens is 4. The third-order valence-corrected chi connectivity index (χ3v) is 6.27. The lowest BCUT2D eigenvalue weighted by Gasteiger charge is -2.10. The van der Waals surface area contributed by atoms with Crippen LogP contribution in [0.3, 0.4) is 0 Å². The van der Waals surface area contributed by atoms with Crippen LogP contribution in [-0.4, -0.2) is 37.2 Å². The number of esters is 1. The molecule has 0 aliphatic rings. The van der Waals surface area contributed by atoms with E-state index in [2.05, 4.69) is 26.2 Å². The molecule has 160 valence electrons. The highest BCUT2D eigenvalue weighted by atomic mass is 79.9. The van der Waals surface area contributed by atoms with Crippen LogP contribution in [0.25, 0.3) is 11.2 Å². The molecule has 0 aliphatic heterocycles. The molecule has 0 atom stereocenters. The summed E-state index contributed by atoms with van der Waals surface area (Å²) in [5.41, 5.74) is -0.504. The molecule has 0 fully saturated rings. The van der Waals surface area contributed by atoms with E-state index in [4.69, 9.17) is 4.74 Å². The Morgan fingerprint density at radius 1 is 1.23 bits per heavy atom. The fourth-order valence-electron chi connectivity index (χ4n) is 2.98. The van der Waals surface area contributed by atoms with Crippen LogP contribution in [-0.2, 0) is 36.6 Å². The number of anilines is 1. The second-order valence-corrected chi connectivity index (χ2v) is 8.27. The Balaban J connectivity index is 1.97. The summed E-state index contributed by atoms with van der Waals surface area (Å²) >= 11 is 4.55. The Kier molecular flexibility index (Phi) is 6.27. The van der Waals surface area contributed by atoms with Crippen LogP contribution in [0.1, 0.15) is 29.1 Å². The van der Waals surface area contributed by atoms with Crippen molar-refractivity contribution in [1.82, 2.24) is 18.7 Å². The van der Waals surface area contributed by atoms with E-state index in [0.717, 1.165) is 9.44 Å². The zero-order valence-electron chi connectivity index (χ0n) is 16.8. The number of thiophene rings is 1. The zero-order chi connectivity index (χ0) is 22.2. The maximum absolute atomic E-state index is 12.8. The molecule has 0 bridgehead atoms. The van der Waals surface area contributed by atoms with E-state index < -0.39 is 23.1 Å². The number of fused-ring (bicyclic) bond motifs is 1. The Labute approximate surface area is 183 Å². The summed E-state index contributed by atoms with van der Waals surface area (Å²) in [6, 6.07) is 1.70. The number of carbonyl (C=O) groups excluding carboxylic acids is 2. The number of nitrogens with one attached hydrogen (secondary N) is 1. The number of halogens is 1. The molecule has 3 rings (SSSR count). The van der Waals surface area contributed by atoms with Crippen molar-refractivity contribution in [2.45, 2.75) is 26.8 Å². The van der Waals surface area contributed by atoms with E-state index >= 15 is 0 Å². The zero-order valence-corrected chi connectivity index (χ0v) is 19.2. The number of aryl methyl sites for hydroxylation is 2. The summed E-state index contributed by atoms with van der Waals surface area (Å²) < 4.78 is 8.93. The second-order valence-electron chi connectivity index (χ2n) is 6.42. The minimum Gasteiger partial charge on any atom is -0.462 e. The van der Waals surface area contributed by atoms with Crippen LogP contribution < -0.4 is 16.6 Å². The van der Waals surface area contributed by atoms with Crippen molar-refractivity contribution < 1.29 is 14.3 Å². The third-order valence-electron chi connectivity index (χ3n) is 4.47. The summed E-state index contributed by atoms with van der Waals surface area (Å²) in [5, 5.41) is 3.12. The van der Waals surface area contributed by atoms with Crippen molar-refractivity contribution in [2.24, 2.45) is 14.1 Å². The van der Waals surface area contributed by atoms with Gasteiger partial charge in [-0.25, -0.2) is 14.6 Å². The van der Waals surface area contributed by atoms with Gasteiger partial charge >= 0.3 is 11.7 Å². The van der Waals surface area contributed by atoms with Crippen LogP contribution in [0.2, 0.25) is 0 Å². The molecule has 3 heterocycles. The number of amides is 1. The van der Waals surface area contributed by atoms with Gasteiger partial charge in [0, 0.05) is 19.0 Å². The molecule has 0 unspecified atom stereocenters. The summed E-state index contributed by atoms with van der Waals surface area (Å²) in [7, 11) is 2.86. The number of hydrogen-bond acceptors (Lipinski definition) is 7. The van der Waals surface area contributed by atoms with Gasteiger partial charge in [-0.05, 0) is 35.3 Å². The lowest BCUT2D eigenvalue weighted by Crippen LogP contribution is -2.37. The Morgan fingerprint density at radius 2 is 1.93 bits per heavy atom. The van der Waals surface area contributed by atoms with Gasteiger partial charge < -0.3 is 10.1 Å². The maximum Gasteiger partial charge on any atom is 0.341 e. The van der Waals surface area contributed by atoms with Gasteiger partial charge in [0.1, 0.15) is 11.5 Å². The topological polar surface area (TPSA) is 117 Å². The molecule has 1 N–H and O–H groups in total. The van der Waals surface area contributed by atoms with Gasteiger partial charge in [-0.3, -0.25) is 23.3 Å². The predicted octanol–water partition coefficient (Wildman–Crippen LogP) is 1.64. The van der Waals surface area contributed by atoms with Crippen LogP contribution in [0.15, 0.2) is 20.4 Å². The molecule has 10 nitrogen and oxygen atoms in total. The number of carbonyl (C=O) groups is 2. The molecule has 3 aromatic rings. The molecule has 0 saturated heterocycles. The monoisotopic (exact) mass is 497 g/mol. The van der Waals surface area contributed by atoms with Crippen molar-refractivity contribution in [3.8, 4) is 0 Å². The van der Waals surface area contributed by atoms with E-state index in [1.165, 1.54) is 34.6 Å². The molecular formula is C18H20BrN5O5S. The number of imidazole rings is 1. The fourth-order valence-corrected chi connectivity index (χ4v) is 4.45. The van der Waals surface area contributed by atoms with Crippen LogP contribution >= 0.6 is 27.3 Å². The first kappa shape index (κ1) is 22.0. The van der Waals surface area contributed by atoms with Gasteiger partial charge in [-0.15, -0.1) is 11.3 Å². The largest absolute Gasteiger partial charge is 0.462 e. The Bertz CT molecular complexity index is 1270. The minimum absolute atomic E-state index is 0.0656. The average Bonchev–Trinajstić information content (AvgIpc) is 3.26. The van der Waals surface area contributed by atoms with Crippen LogP contribution in [0.5, 0.6) is 0 Å². The first-order chi connectivity index (χ1) is 14.2. The Morgan fingerprint density at radius 3 is 2.57 bits per heavy atom. The van der Waals surface area contributed by atoms with Crippen LogP contribution in [0, 0.1) is 0 Å². The number of hydrogen-bond donors (Lipinski definition) is 1. The average molecular weight is 498 g/mol. The molecule has 0 aromatic carbocycles. The van der Waals surface area contributed by atoms with E-state index in [1.54, 1.807) is 13.0 Å². The molecule has 12 heteroatoms. The van der Waals surface area contributed by atoms with Gasteiger partial charge in [0.25, 0.3) is 5.56 Å². The minimum atomic E-state index is -0.552. The van der Waals surface area contributed by atoms with Gasteiger partial charge in [-0.2, -0.15) is 0 Å². The fraction of sp³-hybridized carbons (Fsp3) is 0.389. The number of nitrogens with zero attached hydrogens (tertiary/aromatic N) is 4. The Hall–Kier alpha value is -2.73. The molecular weight excluding hydrogens is 478 g/mol. The summed E-state index contributed by atoms with van der Waals surface area (Å²) in [6.45, 7) is 3.65. The SMILES string of the molecule is CCOC(=O)c1cc(CC)sc1NC(=O)Cn1c(Br)nc2c(=O)n(C)c(=O)n(C)c21. The maximum atomic E-state index is 12.8. The molecule has 3 aromatic heterocycles.